The summed E-state index contributed by atoms with van der Waals surface area (Å²) in [5.41, 5.74) is 0.0763. The van der Waals surface area contributed by atoms with Crippen molar-refractivity contribution in [2.45, 2.75) is 24.8 Å². The minimum atomic E-state index is -3.96. The number of carbonyl (C=O) groups excluding carboxylic acids is 1. The second-order valence-corrected chi connectivity index (χ2v) is 6.88. The van der Waals surface area contributed by atoms with Crippen LogP contribution in [0, 0.1) is 5.92 Å². The minimum Gasteiger partial charge on any atom is -0.465 e. The first-order valence-corrected chi connectivity index (χ1v) is 8.10. The Morgan fingerprint density at radius 1 is 1.43 bits per heavy atom. The molecule has 0 saturated heterocycles. The van der Waals surface area contributed by atoms with Crippen LogP contribution >= 0.6 is 11.6 Å². The Hall–Kier alpha value is -1.15. The fourth-order valence-corrected chi connectivity index (χ4v) is 3.50. The number of ether oxygens (including phenoxy) is 1. The molecule has 0 radical (unpaired) electrons. The maximum Gasteiger partial charge on any atom is 0.337 e. The third-order valence-electron chi connectivity index (χ3n) is 2.95. The number of aliphatic hydroxyl groups is 1. The fraction of sp³-hybridized carbons (Fsp3) is 0.462. The molecular formula is C13H18ClNO5S. The summed E-state index contributed by atoms with van der Waals surface area (Å²) in [5.74, 6) is -0.766. The van der Waals surface area contributed by atoms with Gasteiger partial charge >= 0.3 is 5.97 Å². The van der Waals surface area contributed by atoms with E-state index in [2.05, 4.69) is 9.46 Å². The van der Waals surface area contributed by atoms with E-state index in [9.17, 15) is 18.3 Å². The number of esters is 1. The Labute approximate surface area is 129 Å². The maximum absolute atomic E-state index is 12.3. The van der Waals surface area contributed by atoms with Crippen molar-refractivity contribution in [2.24, 2.45) is 5.92 Å². The van der Waals surface area contributed by atoms with Crippen molar-refractivity contribution in [1.82, 2.24) is 4.72 Å². The molecule has 0 fully saturated rings. The zero-order chi connectivity index (χ0) is 16.2. The van der Waals surface area contributed by atoms with E-state index in [0.29, 0.717) is 0 Å². The highest BCUT2D eigenvalue weighted by atomic mass is 35.5. The molecule has 0 aliphatic heterocycles. The van der Waals surface area contributed by atoms with E-state index < -0.39 is 22.0 Å². The zero-order valence-corrected chi connectivity index (χ0v) is 13.5. The first-order chi connectivity index (χ1) is 9.72. The van der Waals surface area contributed by atoms with Gasteiger partial charge in [0.25, 0.3) is 0 Å². The molecule has 2 N–H and O–H groups in total. The summed E-state index contributed by atoms with van der Waals surface area (Å²) in [6, 6.07) is 3.18. The molecule has 1 aromatic rings. The van der Waals surface area contributed by atoms with Gasteiger partial charge in [0.1, 0.15) is 4.90 Å². The molecule has 21 heavy (non-hydrogen) atoms. The molecule has 0 saturated carbocycles. The number of nitrogens with one attached hydrogen (secondary N) is 1. The van der Waals surface area contributed by atoms with Crippen molar-refractivity contribution in [2.75, 3.05) is 13.7 Å². The van der Waals surface area contributed by atoms with Gasteiger partial charge in [-0.3, -0.25) is 0 Å². The number of halogens is 1. The Bertz CT molecular complexity index is 615. The lowest BCUT2D eigenvalue weighted by molar-refractivity contribution is 0.0600. The molecule has 0 unspecified atom stereocenters. The van der Waals surface area contributed by atoms with Crippen LogP contribution in [0.3, 0.4) is 0 Å². The van der Waals surface area contributed by atoms with Crippen molar-refractivity contribution in [3.05, 3.63) is 28.8 Å². The van der Waals surface area contributed by atoms with Crippen LogP contribution < -0.4 is 4.72 Å². The number of rotatable bonds is 6. The Kier molecular flexibility index (Phi) is 6.15. The summed E-state index contributed by atoms with van der Waals surface area (Å²) >= 11 is 5.90. The highest BCUT2D eigenvalue weighted by Crippen LogP contribution is 2.23. The molecule has 6 nitrogen and oxygen atoms in total. The van der Waals surface area contributed by atoms with Crippen LogP contribution in [0.4, 0.5) is 0 Å². The fourth-order valence-electron chi connectivity index (χ4n) is 1.60. The van der Waals surface area contributed by atoms with Gasteiger partial charge in [-0.1, -0.05) is 25.4 Å². The highest BCUT2D eigenvalue weighted by Gasteiger charge is 2.25. The average molecular weight is 336 g/mol. The van der Waals surface area contributed by atoms with Crippen LogP contribution in [-0.4, -0.2) is 39.3 Å². The number of carbonyl (C=O) groups is 1. The van der Waals surface area contributed by atoms with Gasteiger partial charge in [0, 0.05) is 6.04 Å². The zero-order valence-electron chi connectivity index (χ0n) is 12.0. The third-order valence-corrected chi connectivity index (χ3v) is 4.92. The van der Waals surface area contributed by atoms with E-state index in [1.165, 1.54) is 19.2 Å². The molecule has 1 aromatic carbocycles. The third kappa shape index (κ3) is 4.41. The number of aliphatic hydroxyl groups excluding tert-OH is 1. The first kappa shape index (κ1) is 17.9. The van der Waals surface area contributed by atoms with E-state index in [4.69, 9.17) is 11.6 Å². The molecule has 1 rings (SSSR count). The molecule has 0 bridgehead atoms. The van der Waals surface area contributed by atoms with E-state index in [-0.39, 0.29) is 28.0 Å². The molecular weight excluding hydrogens is 318 g/mol. The highest BCUT2D eigenvalue weighted by molar-refractivity contribution is 7.89. The van der Waals surface area contributed by atoms with E-state index in [1.54, 1.807) is 13.8 Å². The van der Waals surface area contributed by atoms with Crippen LogP contribution in [0.15, 0.2) is 23.1 Å². The van der Waals surface area contributed by atoms with Crippen LogP contribution in [0.1, 0.15) is 24.2 Å². The molecule has 118 valence electrons. The van der Waals surface area contributed by atoms with Crippen molar-refractivity contribution in [3.8, 4) is 0 Å². The van der Waals surface area contributed by atoms with Crippen LogP contribution in [0.5, 0.6) is 0 Å². The normalized spacial score (nSPS) is 13.2. The summed E-state index contributed by atoms with van der Waals surface area (Å²) in [4.78, 5) is 11.2. The molecule has 0 amide bonds. The Balaban J connectivity index is 3.21. The van der Waals surface area contributed by atoms with Gasteiger partial charge < -0.3 is 9.84 Å². The summed E-state index contributed by atoms with van der Waals surface area (Å²) in [6.45, 7) is 3.21. The minimum absolute atomic E-state index is 0.0180. The van der Waals surface area contributed by atoms with Gasteiger partial charge in [0.15, 0.2) is 0 Å². The van der Waals surface area contributed by atoms with Gasteiger partial charge in [-0.2, -0.15) is 0 Å². The van der Waals surface area contributed by atoms with Gasteiger partial charge in [-0.05, 0) is 24.1 Å². The van der Waals surface area contributed by atoms with Crippen molar-refractivity contribution in [1.29, 1.82) is 0 Å². The maximum atomic E-state index is 12.3. The molecule has 0 heterocycles. The van der Waals surface area contributed by atoms with E-state index in [0.717, 1.165) is 6.07 Å². The lowest BCUT2D eigenvalue weighted by Gasteiger charge is -2.20. The Morgan fingerprint density at radius 2 is 2.05 bits per heavy atom. The van der Waals surface area contributed by atoms with Gasteiger partial charge in [-0.15, -0.1) is 0 Å². The van der Waals surface area contributed by atoms with Crippen molar-refractivity contribution in [3.63, 3.8) is 0 Å². The topological polar surface area (TPSA) is 92.7 Å². The van der Waals surface area contributed by atoms with Crippen molar-refractivity contribution >= 4 is 27.6 Å². The number of benzene rings is 1. The van der Waals surface area contributed by atoms with Crippen molar-refractivity contribution < 1.29 is 23.1 Å². The average Bonchev–Trinajstić information content (AvgIpc) is 2.43. The first-order valence-electron chi connectivity index (χ1n) is 6.24. The molecule has 1 atom stereocenters. The largest absolute Gasteiger partial charge is 0.465 e. The monoisotopic (exact) mass is 335 g/mol. The molecule has 8 heteroatoms. The standard InChI is InChI=1S/C13H18ClNO5S/c1-8(2)11(7-16)15-21(18,19)12-6-9(13(17)20-3)4-5-10(12)14/h4-6,8,11,15-16H,7H2,1-3H3/t11-/m1/s1. The second-order valence-electron chi connectivity index (χ2n) is 4.79. The van der Waals surface area contributed by atoms with Crippen LogP contribution in [0.2, 0.25) is 5.02 Å². The predicted molar refractivity (Wildman–Crippen MR) is 78.8 cm³/mol. The predicted octanol–water partition coefficient (Wildman–Crippen LogP) is 1.42. The molecule has 0 aromatic heterocycles. The molecule has 0 aliphatic rings. The van der Waals surface area contributed by atoms with Gasteiger partial charge in [0.2, 0.25) is 10.0 Å². The summed E-state index contributed by atoms with van der Waals surface area (Å²) < 4.78 is 31.6. The van der Waals surface area contributed by atoms with Crippen LogP contribution in [-0.2, 0) is 14.8 Å². The SMILES string of the molecule is COC(=O)c1ccc(Cl)c(S(=O)(=O)N[C@H](CO)C(C)C)c1. The van der Waals surface area contributed by atoms with Crippen LogP contribution in [0.25, 0.3) is 0 Å². The number of sulfonamides is 1. The van der Waals surface area contributed by atoms with E-state index >= 15 is 0 Å². The number of hydrogen-bond donors (Lipinski definition) is 2. The van der Waals surface area contributed by atoms with E-state index in [1.807, 2.05) is 0 Å². The smallest absolute Gasteiger partial charge is 0.337 e. The summed E-state index contributed by atoms with van der Waals surface area (Å²) in [5, 5.41) is 9.20. The lowest BCUT2D eigenvalue weighted by Crippen LogP contribution is -2.41. The lowest BCUT2D eigenvalue weighted by atomic mass is 10.1. The number of methoxy groups -OCH3 is 1. The Morgan fingerprint density at radius 3 is 2.52 bits per heavy atom. The molecule has 0 spiro atoms. The van der Waals surface area contributed by atoms with Gasteiger partial charge in [0.05, 0.1) is 24.3 Å². The number of hydrogen-bond acceptors (Lipinski definition) is 5. The van der Waals surface area contributed by atoms with Gasteiger partial charge in [-0.25, -0.2) is 17.9 Å². The second kappa shape index (κ2) is 7.22. The quantitative estimate of drug-likeness (QED) is 0.767. The molecule has 0 aliphatic carbocycles. The summed E-state index contributed by atoms with van der Waals surface area (Å²) in [7, 11) is -2.76. The summed E-state index contributed by atoms with van der Waals surface area (Å²) in [6.07, 6.45) is 0.